The average molecular weight is 354 g/mol. The first-order valence-corrected chi connectivity index (χ1v) is 9.62. The molecule has 1 aromatic heterocycles. The van der Waals surface area contributed by atoms with Crippen LogP contribution in [0.1, 0.15) is 22.5 Å². The summed E-state index contributed by atoms with van der Waals surface area (Å²) in [5, 5.41) is 0. The van der Waals surface area contributed by atoms with Gasteiger partial charge in [-0.2, -0.15) is 0 Å². The first-order valence-electron chi connectivity index (χ1n) is 8.14. The molecule has 0 saturated carbocycles. The van der Waals surface area contributed by atoms with Crippen molar-refractivity contribution in [1.29, 1.82) is 0 Å². The number of rotatable bonds is 4. The molecule has 0 aliphatic carbocycles. The van der Waals surface area contributed by atoms with Gasteiger partial charge in [0.2, 0.25) is 0 Å². The number of hydrogen-bond acceptors (Lipinski definition) is 2. The Morgan fingerprint density at radius 3 is 1.80 bits per heavy atom. The maximum atomic E-state index is 12.7. The predicted molar refractivity (Wildman–Crippen MR) is 102 cm³/mol. The molecule has 3 aromatic rings. The molecule has 0 radical (unpaired) electrons. The largest absolute Gasteiger partial charge is 0.319 e. The molecule has 0 amide bonds. The molecule has 1 N–H and O–H groups in total. The highest BCUT2D eigenvalue weighted by atomic mass is 32.2. The Morgan fingerprint density at radius 2 is 1.28 bits per heavy atom. The summed E-state index contributed by atoms with van der Waals surface area (Å²) in [5.41, 5.74) is 5.62. The van der Waals surface area contributed by atoms with E-state index >= 15 is 0 Å². The number of benzene rings is 2. The maximum Gasteiger partial charge on any atom is 0.261 e. The minimum Gasteiger partial charge on any atom is -0.319 e. The highest BCUT2D eigenvalue weighted by molar-refractivity contribution is 7.92. The Kier molecular flexibility index (Phi) is 4.43. The number of aromatic nitrogens is 1. The van der Waals surface area contributed by atoms with Gasteiger partial charge in [-0.1, -0.05) is 18.2 Å². The lowest BCUT2D eigenvalue weighted by Gasteiger charge is -2.14. The summed E-state index contributed by atoms with van der Waals surface area (Å²) in [4.78, 5) is 0.251. The highest BCUT2D eigenvalue weighted by Gasteiger charge is 2.17. The number of sulfonamides is 1. The van der Waals surface area contributed by atoms with Gasteiger partial charge in [0.25, 0.3) is 10.0 Å². The molecule has 0 saturated heterocycles. The van der Waals surface area contributed by atoms with E-state index in [0.717, 1.165) is 28.2 Å². The van der Waals surface area contributed by atoms with Crippen LogP contribution < -0.4 is 4.72 Å². The van der Waals surface area contributed by atoms with Gasteiger partial charge < -0.3 is 4.57 Å². The monoisotopic (exact) mass is 354 g/mol. The number of para-hydroxylation sites is 1. The van der Waals surface area contributed by atoms with Crippen LogP contribution in [0.15, 0.2) is 59.5 Å². The summed E-state index contributed by atoms with van der Waals surface area (Å²) < 4.78 is 30.2. The first-order chi connectivity index (χ1) is 11.8. The summed E-state index contributed by atoms with van der Waals surface area (Å²) in [5.74, 6) is 0. The fourth-order valence-electron chi connectivity index (χ4n) is 3.02. The van der Waals surface area contributed by atoms with E-state index in [1.807, 2.05) is 70.2 Å². The van der Waals surface area contributed by atoms with E-state index in [1.54, 1.807) is 12.1 Å². The van der Waals surface area contributed by atoms with Crippen LogP contribution in [0.5, 0.6) is 0 Å². The SMILES string of the molecule is Cc1cccc(C)c1NS(=O)(=O)c1ccc(-n2c(C)ccc2C)cc1. The van der Waals surface area contributed by atoms with Crippen LogP contribution in [-0.4, -0.2) is 13.0 Å². The van der Waals surface area contributed by atoms with Crippen molar-refractivity contribution in [3.8, 4) is 5.69 Å². The molecular weight excluding hydrogens is 332 g/mol. The van der Waals surface area contributed by atoms with Crippen molar-refractivity contribution < 1.29 is 8.42 Å². The molecule has 1 heterocycles. The van der Waals surface area contributed by atoms with Gasteiger partial charge in [-0.05, 0) is 75.2 Å². The molecule has 0 spiro atoms. The molecule has 0 unspecified atom stereocenters. The highest BCUT2D eigenvalue weighted by Crippen LogP contribution is 2.24. The van der Waals surface area contributed by atoms with E-state index in [9.17, 15) is 8.42 Å². The summed E-state index contributed by atoms with van der Waals surface area (Å²) in [6, 6.07) is 16.7. The minimum atomic E-state index is -3.62. The van der Waals surface area contributed by atoms with Crippen LogP contribution in [0.2, 0.25) is 0 Å². The van der Waals surface area contributed by atoms with E-state index in [4.69, 9.17) is 0 Å². The number of hydrogen-bond donors (Lipinski definition) is 1. The van der Waals surface area contributed by atoms with Crippen molar-refractivity contribution in [2.24, 2.45) is 0 Å². The molecule has 0 atom stereocenters. The van der Waals surface area contributed by atoms with Crippen molar-refractivity contribution in [3.63, 3.8) is 0 Å². The van der Waals surface area contributed by atoms with Gasteiger partial charge in [0.05, 0.1) is 10.6 Å². The molecule has 0 aliphatic rings. The van der Waals surface area contributed by atoms with Crippen LogP contribution in [-0.2, 0) is 10.0 Å². The van der Waals surface area contributed by atoms with Crippen molar-refractivity contribution in [1.82, 2.24) is 4.57 Å². The van der Waals surface area contributed by atoms with Crippen LogP contribution in [0.25, 0.3) is 5.69 Å². The number of anilines is 1. The molecule has 5 heteroatoms. The lowest BCUT2D eigenvalue weighted by atomic mass is 10.1. The van der Waals surface area contributed by atoms with Crippen LogP contribution in [0.4, 0.5) is 5.69 Å². The first kappa shape index (κ1) is 17.3. The molecular formula is C20H22N2O2S. The summed E-state index contributed by atoms with van der Waals surface area (Å²) in [6.07, 6.45) is 0. The second-order valence-electron chi connectivity index (χ2n) is 6.32. The van der Waals surface area contributed by atoms with Gasteiger partial charge >= 0.3 is 0 Å². The Morgan fingerprint density at radius 1 is 0.760 bits per heavy atom. The normalized spacial score (nSPS) is 11.5. The lowest BCUT2D eigenvalue weighted by Crippen LogP contribution is -2.14. The van der Waals surface area contributed by atoms with Gasteiger partial charge in [0.15, 0.2) is 0 Å². The van der Waals surface area contributed by atoms with E-state index in [2.05, 4.69) is 9.29 Å². The third-order valence-corrected chi connectivity index (χ3v) is 5.76. The van der Waals surface area contributed by atoms with Crippen molar-refractivity contribution in [3.05, 3.63) is 77.1 Å². The standard InChI is InChI=1S/C20H22N2O2S/c1-14-6-5-7-15(2)20(14)21-25(23,24)19-12-10-18(11-13-19)22-16(3)8-9-17(22)4/h5-13,21H,1-4H3. The van der Waals surface area contributed by atoms with Gasteiger partial charge in [0, 0.05) is 17.1 Å². The molecule has 130 valence electrons. The average Bonchev–Trinajstić information content (AvgIpc) is 2.90. The van der Waals surface area contributed by atoms with E-state index in [-0.39, 0.29) is 4.90 Å². The minimum absolute atomic E-state index is 0.251. The fraction of sp³-hybridized carbons (Fsp3) is 0.200. The molecule has 25 heavy (non-hydrogen) atoms. The van der Waals surface area contributed by atoms with Crippen LogP contribution in [0.3, 0.4) is 0 Å². The molecule has 0 fully saturated rings. The summed E-state index contributed by atoms with van der Waals surface area (Å²) >= 11 is 0. The van der Waals surface area contributed by atoms with E-state index in [0.29, 0.717) is 5.69 Å². The molecule has 0 bridgehead atoms. The quantitative estimate of drug-likeness (QED) is 0.749. The predicted octanol–water partition coefficient (Wildman–Crippen LogP) is 4.51. The lowest BCUT2D eigenvalue weighted by molar-refractivity contribution is 0.601. The van der Waals surface area contributed by atoms with Crippen molar-refractivity contribution in [2.45, 2.75) is 32.6 Å². The molecule has 4 nitrogen and oxygen atoms in total. The topological polar surface area (TPSA) is 51.1 Å². The summed E-state index contributed by atoms with van der Waals surface area (Å²) in [7, 11) is -3.62. The van der Waals surface area contributed by atoms with Crippen molar-refractivity contribution >= 4 is 15.7 Å². The van der Waals surface area contributed by atoms with E-state index < -0.39 is 10.0 Å². The molecule has 0 aliphatic heterocycles. The van der Waals surface area contributed by atoms with Crippen LogP contribution >= 0.6 is 0 Å². The zero-order valence-corrected chi connectivity index (χ0v) is 15.7. The van der Waals surface area contributed by atoms with Gasteiger partial charge in [-0.15, -0.1) is 0 Å². The fourth-order valence-corrected chi connectivity index (χ4v) is 4.22. The Hall–Kier alpha value is -2.53. The Bertz CT molecular complexity index is 977. The zero-order chi connectivity index (χ0) is 18.2. The smallest absolute Gasteiger partial charge is 0.261 e. The molecule has 3 rings (SSSR count). The third-order valence-electron chi connectivity index (χ3n) is 4.39. The number of aryl methyl sites for hydroxylation is 4. The second-order valence-corrected chi connectivity index (χ2v) is 8.00. The van der Waals surface area contributed by atoms with Crippen LogP contribution in [0, 0.1) is 27.7 Å². The molecule has 2 aromatic carbocycles. The van der Waals surface area contributed by atoms with E-state index in [1.165, 1.54) is 0 Å². The number of nitrogens with one attached hydrogen (secondary N) is 1. The Labute approximate surface area is 149 Å². The van der Waals surface area contributed by atoms with Gasteiger partial charge in [0.1, 0.15) is 0 Å². The maximum absolute atomic E-state index is 12.7. The Balaban J connectivity index is 1.94. The van der Waals surface area contributed by atoms with Gasteiger partial charge in [-0.3, -0.25) is 4.72 Å². The summed E-state index contributed by atoms with van der Waals surface area (Å²) in [6.45, 7) is 7.84. The number of nitrogens with zero attached hydrogens (tertiary/aromatic N) is 1. The zero-order valence-electron chi connectivity index (χ0n) is 14.9. The third kappa shape index (κ3) is 3.33. The van der Waals surface area contributed by atoms with Gasteiger partial charge in [-0.25, -0.2) is 8.42 Å². The second kappa shape index (κ2) is 6.41. The van der Waals surface area contributed by atoms with Crippen molar-refractivity contribution in [2.75, 3.05) is 4.72 Å².